The Bertz CT molecular complexity index is 358. The van der Waals surface area contributed by atoms with Crippen LogP contribution in [-0.4, -0.2) is 6.54 Å². The molecule has 1 fully saturated rings. The first-order valence-electron chi connectivity index (χ1n) is 6.37. The van der Waals surface area contributed by atoms with E-state index in [1.54, 1.807) is 6.07 Å². The van der Waals surface area contributed by atoms with Gasteiger partial charge in [-0.05, 0) is 55.0 Å². The van der Waals surface area contributed by atoms with Crippen LogP contribution in [0.15, 0.2) is 18.2 Å². The number of halogens is 2. The standard InChI is InChI=1S/C14H19Cl2N/c15-12-6-11(7-13(16)8-12)14-5-3-1-2-4-10(14)9-17/h6-8,10,14H,1-5,9,17H2. The summed E-state index contributed by atoms with van der Waals surface area (Å²) in [6, 6.07) is 5.89. The summed E-state index contributed by atoms with van der Waals surface area (Å²) in [6.07, 6.45) is 6.34. The van der Waals surface area contributed by atoms with Crippen molar-refractivity contribution in [2.24, 2.45) is 11.7 Å². The van der Waals surface area contributed by atoms with Crippen molar-refractivity contribution >= 4 is 23.2 Å². The normalized spacial score (nSPS) is 25.6. The lowest BCUT2D eigenvalue weighted by Crippen LogP contribution is -2.21. The highest BCUT2D eigenvalue weighted by atomic mass is 35.5. The van der Waals surface area contributed by atoms with Gasteiger partial charge in [-0.2, -0.15) is 0 Å². The number of hydrogen-bond donors (Lipinski definition) is 1. The van der Waals surface area contributed by atoms with Crippen LogP contribution in [0.4, 0.5) is 0 Å². The molecular formula is C14H19Cl2N. The summed E-state index contributed by atoms with van der Waals surface area (Å²) in [6.45, 7) is 0.759. The molecule has 0 aromatic heterocycles. The molecule has 2 N–H and O–H groups in total. The molecule has 2 unspecified atom stereocenters. The quantitative estimate of drug-likeness (QED) is 0.781. The van der Waals surface area contributed by atoms with Crippen LogP contribution >= 0.6 is 23.2 Å². The first-order valence-corrected chi connectivity index (χ1v) is 7.12. The molecule has 0 radical (unpaired) electrons. The van der Waals surface area contributed by atoms with Crippen LogP contribution in [0.5, 0.6) is 0 Å². The third-order valence-electron chi connectivity index (χ3n) is 3.77. The average molecular weight is 272 g/mol. The lowest BCUT2D eigenvalue weighted by atomic mass is 9.82. The van der Waals surface area contributed by atoms with E-state index in [1.807, 2.05) is 12.1 Å². The lowest BCUT2D eigenvalue weighted by Gasteiger charge is -2.24. The van der Waals surface area contributed by atoms with Crippen molar-refractivity contribution in [1.82, 2.24) is 0 Å². The van der Waals surface area contributed by atoms with E-state index in [9.17, 15) is 0 Å². The van der Waals surface area contributed by atoms with E-state index in [0.717, 1.165) is 16.6 Å². The molecule has 2 rings (SSSR count). The van der Waals surface area contributed by atoms with E-state index in [4.69, 9.17) is 28.9 Å². The molecule has 0 aliphatic heterocycles. The van der Waals surface area contributed by atoms with Gasteiger partial charge in [0.1, 0.15) is 0 Å². The van der Waals surface area contributed by atoms with E-state index < -0.39 is 0 Å². The van der Waals surface area contributed by atoms with Gasteiger partial charge in [-0.15, -0.1) is 0 Å². The predicted octanol–water partition coefficient (Wildman–Crippen LogP) is 4.62. The Morgan fingerprint density at radius 2 is 1.65 bits per heavy atom. The molecular weight excluding hydrogens is 253 g/mol. The fourth-order valence-electron chi connectivity index (χ4n) is 2.89. The van der Waals surface area contributed by atoms with Gasteiger partial charge in [0, 0.05) is 10.0 Å². The first kappa shape index (κ1) is 13.2. The molecule has 1 aliphatic carbocycles. The number of nitrogens with two attached hydrogens (primary N) is 1. The van der Waals surface area contributed by atoms with Crippen molar-refractivity contribution in [2.75, 3.05) is 6.54 Å². The second kappa shape index (κ2) is 6.08. The van der Waals surface area contributed by atoms with Crippen LogP contribution in [0.3, 0.4) is 0 Å². The number of rotatable bonds is 2. The molecule has 1 aliphatic rings. The molecule has 0 spiro atoms. The number of benzene rings is 1. The third-order valence-corrected chi connectivity index (χ3v) is 4.21. The van der Waals surface area contributed by atoms with Crippen molar-refractivity contribution in [3.05, 3.63) is 33.8 Å². The Morgan fingerprint density at radius 3 is 2.29 bits per heavy atom. The van der Waals surface area contributed by atoms with Crippen LogP contribution < -0.4 is 5.73 Å². The maximum Gasteiger partial charge on any atom is 0.0423 e. The van der Waals surface area contributed by atoms with Gasteiger partial charge in [-0.25, -0.2) is 0 Å². The Morgan fingerprint density at radius 1 is 1.00 bits per heavy atom. The maximum absolute atomic E-state index is 6.09. The molecule has 0 amide bonds. The molecule has 1 aromatic carbocycles. The highest BCUT2D eigenvalue weighted by molar-refractivity contribution is 6.34. The zero-order valence-corrected chi connectivity index (χ0v) is 11.5. The fourth-order valence-corrected chi connectivity index (χ4v) is 3.44. The zero-order chi connectivity index (χ0) is 12.3. The predicted molar refractivity (Wildman–Crippen MR) is 74.8 cm³/mol. The van der Waals surface area contributed by atoms with Crippen LogP contribution in [0.1, 0.15) is 43.6 Å². The summed E-state index contributed by atoms with van der Waals surface area (Å²) in [5.74, 6) is 1.10. The average Bonchev–Trinajstić information content (AvgIpc) is 2.52. The van der Waals surface area contributed by atoms with Gasteiger partial charge in [-0.1, -0.05) is 42.5 Å². The van der Waals surface area contributed by atoms with Gasteiger partial charge in [0.2, 0.25) is 0 Å². The van der Waals surface area contributed by atoms with Gasteiger partial charge < -0.3 is 5.73 Å². The second-order valence-corrected chi connectivity index (χ2v) is 5.82. The zero-order valence-electron chi connectivity index (χ0n) is 9.96. The first-order chi connectivity index (χ1) is 8.20. The highest BCUT2D eigenvalue weighted by Crippen LogP contribution is 2.37. The lowest BCUT2D eigenvalue weighted by molar-refractivity contribution is 0.408. The second-order valence-electron chi connectivity index (χ2n) is 4.94. The molecule has 1 saturated carbocycles. The van der Waals surface area contributed by atoms with E-state index in [0.29, 0.717) is 11.8 Å². The summed E-state index contributed by atoms with van der Waals surface area (Å²) in [5, 5.41) is 1.46. The molecule has 1 nitrogen and oxygen atoms in total. The Balaban J connectivity index is 2.27. The molecule has 2 atom stereocenters. The summed E-state index contributed by atoms with van der Waals surface area (Å²) in [5.41, 5.74) is 7.17. The maximum atomic E-state index is 6.09. The van der Waals surface area contributed by atoms with Crippen molar-refractivity contribution in [1.29, 1.82) is 0 Å². The minimum Gasteiger partial charge on any atom is -0.330 e. The van der Waals surface area contributed by atoms with Crippen LogP contribution in [-0.2, 0) is 0 Å². The van der Waals surface area contributed by atoms with Gasteiger partial charge in [-0.3, -0.25) is 0 Å². The largest absolute Gasteiger partial charge is 0.330 e. The summed E-state index contributed by atoms with van der Waals surface area (Å²) in [7, 11) is 0. The van der Waals surface area contributed by atoms with Gasteiger partial charge >= 0.3 is 0 Å². The Kier molecular flexibility index (Phi) is 4.72. The molecule has 0 bridgehead atoms. The molecule has 94 valence electrons. The monoisotopic (exact) mass is 271 g/mol. The van der Waals surface area contributed by atoms with Crippen LogP contribution in [0.2, 0.25) is 10.0 Å². The third kappa shape index (κ3) is 3.37. The van der Waals surface area contributed by atoms with Gasteiger partial charge in [0.25, 0.3) is 0 Å². The van der Waals surface area contributed by atoms with E-state index >= 15 is 0 Å². The minimum atomic E-state index is 0.527. The summed E-state index contributed by atoms with van der Waals surface area (Å²) < 4.78 is 0. The van der Waals surface area contributed by atoms with Crippen molar-refractivity contribution in [2.45, 2.75) is 38.0 Å². The van der Waals surface area contributed by atoms with Gasteiger partial charge in [0.15, 0.2) is 0 Å². The topological polar surface area (TPSA) is 26.0 Å². The number of hydrogen-bond acceptors (Lipinski definition) is 1. The van der Waals surface area contributed by atoms with Crippen molar-refractivity contribution in [3.63, 3.8) is 0 Å². The molecule has 17 heavy (non-hydrogen) atoms. The van der Waals surface area contributed by atoms with Crippen LogP contribution in [0.25, 0.3) is 0 Å². The Labute approximate surface area is 113 Å². The van der Waals surface area contributed by atoms with Gasteiger partial charge in [0.05, 0.1) is 0 Å². The molecule has 3 heteroatoms. The van der Waals surface area contributed by atoms with Crippen molar-refractivity contribution < 1.29 is 0 Å². The molecule has 0 heterocycles. The van der Waals surface area contributed by atoms with E-state index in [-0.39, 0.29) is 0 Å². The summed E-state index contributed by atoms with van der Waals surface area (Å²) in [4.78, 5) is 0. The van der Waals surface area contributed by atoms with Crippen LogP contribution in [0, 0.1) is 5.92 Å². The Hall–Kier alpha value is -0.240. The van der Waals surface area contributed by atoms with E-state index in [1.165, 1.54) is 37.7 Å². The summed E-state index contributed by atoms with van der Waals surface area (Å²) >= 11 is 12.2. The molecule has 0 saturated heterocycles. The smallest absolute Gasteiger partial charge is 0.0423 e. The minimum absolute atomic E-state index is 0.527. The highest BCUT2D eigenvalue weighted by Gasteiger charge is 2.24. The fraction of sp³-hybridized carbons (Fsp3) is 0.571. The molecule has 1 aromatic rings. The SMILES string of the molecule is NCC1CCCCCC1c1cc(Cl)cc(Cl)c1. The van der Waals surface area contributed by atoms with Crippen molar-refractivity contribution in [3.8, 4) is 0 Å². The van der Waals surface area contributed by atoms with E-state index in [2.05, 4.69) is 0 Å².